The maximum atomic E-state index is 12.7. The fraction of sp³-hybridized carbons (Fsp3) is 0.480. The number of amides is 1. The van der Waals surface area contributed by atoms with Crippen LogP contribution in [0.4, 0.5) is 5.69 Å². The van der Waals surface area contributed by atoms with E-state index in [-0.39, 0.29) is 12.0 Å². The molecular weight excluding hydrogens is 362 g/mol. The molecule has 4 heteroatoms. The number of anilines is 1. The van der Waals surface area contributed by atoms with Crippen molar-refractivity contribution in [3.8, 4) is 11.5 Å². The first-order valence-electron chi connectivity index (χ1n) is 10.5. The molecule has 1 amide bonds. The summed E-state index contributed by atoms with van der Waals surface area (Å²) in [5.74, 6) is 1.76. The second-order valence-corrected chi connectivity index (χ2v) is 8.42. The van der Waals surface area contributed by atoms with E-state index in [0.717, 1.165) is 42.0 Å². The maximum Gasteiger partial charge on any atom is 0.230 e. The molecule has 0 aliphatic carbocycles. The monoisotopic (exact) mass is 397 g/mol. The van der Waals surface area contributed by atoms with Crippen LogP contribution in [0.2, 0.25) is 0 Å². The van der Waals surface area contributed by atoms with E-state index in [9.17, 15) is 4.79 Å². The lowest BCUT2D eigenvalue weighted by Gasteiger charge is -2.24. The highest BCUT2D eigenvalue weighted by Crippen LogP contribution is 2.26. The van der Waals surface area contributed by atoms with Gasteiger partial charge in [-0.3, -0.25) is 4.79 Å². The van der Waals surface area contributed by atoms with Gasteiger partial charge in [-0.1, -0.05) is 32.9 Å². The van der Waals surface area contributed by atoms with Crippen molar-refractivity contribution >= 4 is 11.6 Å². The zero-order valence-corrected chi connectivity index (χ0v) is 18.7. The van der Waals surface area contributed by atoms with Crippen LogP contribution in [0.5, 0.6) is 11.5 Å². The van der Waals surface area contributed by atoms with E-state index >= 15 is 0 Å². The SMILES string of the molecule is CCC(C)Oc1ccc(NC(=O)C(C)(C)CCCOc2cc(C)ccc2C)cc1. The van der Waals surface area contributed by atoms with Crippen LogP contribution in [0, 0.1) is 19.3 Å². The summed E-state index contributed by atoms with van der Waals surface area (Å²) in [6.07, 6.45) is 2.70. The molecule has 0 aromatic heterocycles. The predicted octanol–water partition coefficient (Wildman–Crippen LogP) is 6.30. The molecule has 0 heterocycles. The molecule has 0 spiro atoms. The molecule has 0 bridgehead atoms. The first kappa shape index (κ1) is 22.8. The first-order valence-corrected chi connectivity index (χ1v) is 10.5. The molecule has 0 aliphatic rings. The Morgan fingerprint density at radius 1 is 1.10 bits per heavy atom. The van der Waals surface area contributed by atoms with Gasteiger partial charge in [0, 0.05) is 11.1 Å². The molecule has 2 aromatic carbocycles. The lowest BCUT2D eigenvalue weighted by atomic mass is 9.87. The Balaban J connectivity index is 1.82. The number of aryl methyl sites for hydroxylation is 2. The highest BCUT2D eigenvalue weighted by atomic mass is 16.5. The predicted molar refractivity (Wildman–Crippen MR) is 120 cm³/mol. The van der Waals surface area contributed by atoms with Crippen molar-refractivity contribution in [2.24, 2.45) is 5.41 Å². The topological polar surface area (TPSA) is 47.6 Å². The molecular formula is C25H35NO3. The Labute approximate surface area is 175 Å². The van der Waals surface area contributed by atoms with Crippen LogP contribution in [0.1, 0.15) is 58.1 Å². The Kier molecular flexibility index (Phi) is 8.12. The molecule has 0 aliphatic heterocycles. The highest BCUT2D eigenvalue weighted by molar-refractivity contribution is 5.94. The van der Waals surface area contributed by atoms with Gasteiger partial charge in [-0.2, -0.15) is 0 Å². The molecule has 0 saturated heterocycles. The summed E-state index contributed by atoms with van der Waals surface area (Å²) in [5.41, 5.74) is 2.63. The van der Waals surface area contributed by atoms with Crippen LogP contribution in [-0.4, -0.2) is 18.6 Å². The molecule has 0 saturated carbocycles. The molecule has 4 nitrogen and oxygen atoms in total. The molecule has 1 unspecified atom stereocenters. The Morgan fingerprint density at radius 3 is 2.45 bits per heavy atom. The van der Waals surface area contributed by atoms with Crippen LogP contribution in [-0.2, 0) is 4.79 Å². The van der Waals surface area contributed by atoms with Gasteiger partial charge in [0.05, 0.1) is 12.7 Å². The van der Waals surface area contributed by atoms with Gasteiger partial charge in [0.25, 0.3) is 0 Å². The van der Waals surface area contributed by atoms with E-state index in [2.05, 4.69) is 37.4 Å². The van der Waals surface area contributed by atoms with Gasteiger partial charge in [0.1, 0.15) is 11.5 Å². The highest BCUT2D eigenvalue weighted by Gasteiger charge is 2.27. The van der Waals surface area contributed by atoms with Gasteiger partial charge in [0.2, 0.25) is 5.91 Å². The number of nitrogens with one attached hydrogen (secondary N) is 1. The van der Waals surface area contributed by atoms with Crippen molar-refractivity contribution in [1.82, 2.24) is 0 Å². The number of hydrogen-bond donors (Lipinski definition) is 1. The second-order valence-electron chi connectivity index (χ2n) is 8.42. The summed E-state index contributed by atoms with van der Waals surface area (Å²) >= 11 is 0. The van der Waals surface area contributed by atoms with Crippen molar-refractivity contribution < 1.29 is 14.3 Å². The molecule has 158 valence electrons. The third kappa shape index (κ3) is 7.12. The van der Waals surface area contributed by atoms with Crippen LogP contribution in [0.25, 0.3) is 0 Å². The zero-order valence-electron chi connectivity index (χ0n) is 18.7. The summed E-state index contributed by atoms with van der Waals surface area (Å²) in [5, 5.41) is 3.02. The summed E-state index contributed by atoms with van der Waals surface area (Å²) in [4.78, 5) is 12.7. The number of carbonyl (C=O) groups excluding carboxylic acids is 1. The Hall–Kier alpha value is -2.49. The largest absolute Gasteiger partial charge is 0.493 e. The summed E-state index contributed by atoms with van der Waals surface area (Å²) in [6, 6.07) is 13.8. The number of carbonyl (C=O) groups is 1. The van der Waals surface area contributed by atoms with E-state index in [0.29, 0.717) is 6.61 Å². The summed E-state index contributed by atoms with van der Waals surface area (Å²) in [6.45, 7) is 12.8. The average molecular weight is 398 g/mol. The van der Waals surface area contributed by atoms with Crippen LogP contribution in [0.15, 0.2) is 42.5 Å². The minimum Gasteiger partial charge on any atom is -0.493 e. The Morgan fingerprint density at radius 2 is 1.79 bits per heavy atom. The lowest BCUT2D eigenvalue weighted by molar-refractivity contribution is -0.124. The normalized spacial score (nSPS) is 12.3. The average Bonchev–Trinajstić information content (AvgIpc) is 2.69. The molecule has 2 aromatic rings. The first-order chi connectivity index (χ1) is 13.7. The van der Waals surface area contributed by atoms with Crippen LogP contribution >= 0.6 is 0 Å². The van der Waals surface area contributed by atoms with E-state index in [1.165, 1.54) is 5.56 Å². The summed E-state index contributed by atoms with van der Waals surface area (Å²) < 4.78 is 11.7. The van der Waals surface area contributed by atoms with Crippen molar-refractivity contribution in [2.75, 3.05) is 11.9 Å². The summed E-state index contributed by atoms with van der Waals surface area (Å²) in [7, 11) is 0. The molecule has 0 fully saturated rings. The third-order valence-electron chi connectivity index (χ3n) is 5.19. The van der Waals surface area contributed by atoms with Crippen molar-refractivity contribution in [2.45, 2.75) is 66.9 Å². The number of benzene rings is 2. The quantitative estimate of drug-likeness (QED) is 0.478. The number of ether oxygens (including phenoxy) is 2. The van der Waals surface area contributed by atoms with Crippen molar-refractivity contribution in [3.05, 3.63) is 53.6 Å². The van der Waals surface area contributed by atoms with E-state index in [4.69, 9.17) is 9.47 Å². The fourth-order valence-electron chi connectivity index (χ4n) is 2.91. The van der Waals surface area contributed by atoms with Gasteiger partial charge in [0.15, 0.2) is 0 Å². The van der Waals surface area contributed by atoms with Crippen molar-refractivity contribution in [1.29, 1.82) is 0 Å². The Bertz CT molecular complexity index is 796. The minimum absolute atomic E-state index is 0.0137. The van der Waals surface area contributed by atoms with E-state index in [1.807, 2.05) is 52.0 Å². The van der Waals surface area contributed by atoms with Gasteiger partial charge in [-0.15, -0.1) is 0 Å². The van der Waals surface area contributed by atoms with Crippen LogP contribution < -0.4 is 14.8 Å². The number of rotatable bonds is 10. The van der Waals surface area contributed by atoms with E-state index < -0.39 is 5.41 Å². The minimum atomic E-state index is -0.475. The standard InChI is InChI=1S/C25H35NO3/c1-7-20(4)29-22-13-11-21(12-14-22)26-24(27)25(5,6)15-8-16-28-23-17-18(2)9-10-19(23)3/h9-14,17,20H,7-8,15-16H2,1-6H3,(H,26,27). The van der Waals surface area contributed by atoms with Gasteiger partial charge in [-0.25, -0.2) is 0 Å². The molecule has 1 atom stereocenters. The van der Waals surface area contributed by atoms with Gasteiger partial charge in [-0.05, 0) is 81.5 Å². The van der Waals surface area contributed by atoms with Gasteiger partial charge < -0.3 is 14.8 Å². The van der Waals surface area contributed by atoms with Gasteiger partial charge >= 0.3 is 0 Å². The smallest absolute Gasteiger partial charge is 0.230 e. The second kappa shape index (κ2) is 10.3. The fourth-order valence-corrected chi connectivity index (χ4v) is 2.91. The number of hydrogen-bond acceptors (Lipinski definition) is 3. The molecule has 29 heavy (non-hydrogen) atoms. The molecule has 1 N–H and O–H groups in total. The van der Waals surface area contributed by atoms with Crippen LogP contribution in [0.3, 0.4) is 0 Å². The maximum absolute atomic E-state index is 12.7. The zero-order chi connectivity index (χ0) is 21.4. The molecule has 0 radical (unpaired) electrons. The lowest BCUT2D eigenvalue weighted by Crippen LogP contribution is -2.31. The van der Waals surface area contributed by atoms with E-state index in [1.54, 1.807) is 0 Å². The third-order valence-corrected chi connectivity index (χ3v) is 5.19. The van der Waals surface area contributed by atoms with Crippen molar-refractivity contribution in [3.63, 3.8) is 0 Å². The molecule has 2 rings (SSSR count).